The van der Waals surface area contributed by atoms with Crippen LogP contribution in [-0.2, 0) is 0 Å². The summed E-state index contributed by atoms with van der Waals surface area (Å²) in [5.41, 5.74) is 2.11. The number of nitrogens with zero attached hydrogens (tertiary/aromatic N) is 1. The fourth-order valence-electron chi connectivity index (χ4n) is 2.89. The normalized spacial score (nSPS) is 31.2. The highest BCUT2D eigenvalue weighted by Gasteiger charge is 2.29. The van der Waals surface area contributed by atoms with Gasteiger partial charge < -0.3 is 5.11 Å². The van der Waals surface area contributed by atoms with E-state index in [-0.39, 0.29) is 6.10 Å². The summed E-state index contributed by atoms with van der Waals surface area (Å²) >= 11 is 0. The highest BCUT2D eigenvalue weighted by molar-refractivity contribution is 5.19. The average molecular weight is 233 g/mol. The smallest absolute Gasteiger partial charge is 0.0833 e. The van der Waals surface area contributed by atoms with Crippen LogP contribution in [0.1, 0.15) is 50.3 Å². The number of pyridine rings is 1. The van der Waals surface area contributed by atoms with Crippen molar-refractivity contribution in [1.29, 1.82) is 0 Å². The van der Waals surface area contributed by atoms with Crippen molar-refractivity contribution in [3.8, 4) is 0 Å². The van der Waals surface area contributed by atoms with Crippen molar-refractivity contribution in [3.05, 3.63) is 29.6 Å². The Hall–Kier alpha value is -0.890. The molecule has 17 heavy (non-hydrogen) atoms. The second-order valence-electron chi connectivity index (χ2n) is 5.77. The van der Waals surface area contributed by atoms with Crippen LogP contribution in [0.4, 0.5) is 0 Å². The minimum absolute atomic E-state index is 0.336. The molecule has 0 aromatic carbocycles. The molecule has 1 saturated carbocycles. The van der Waals surface area contributed by atoms with Crippen LogP contribution >= 0.6 is 0 Å². The molecular weight excluding hydrogens is 210 g/mol. The largest absolute Gasteiger partial charge is 0.388 e. The van der Waals surface area contributed by atoms with E-state index in [1.807, 2.05) is 13.1 Å². The summed E-state index contributed by atoms with van der Waals surface area (Å²) in [6.07, 6.45) is 6.82. The lowest BCUT2D eigenvalue weighted by Crippen LogP contribution is -2.25. The molecule has 0 bridgehead atoms. The Morgan fingerprint density at radius 1 is 1.24 bits per heavy atom. The first-order valence-electron chi connectivity index (χ1n) is 6.67. The minimum Gasteiger partial charge on any atom is -0.388 e. The molecule has 0 aliphatic heterocycles. The van der Waals surface area contributed by atoms with Gasteiger partial charge in [0.15, 0.2) is 0 Å². The zero-order valence-corrected chi connectivity index (χ0v) is 11.1. The van der Waals surface area contributed by atoms with E-state index in [1.165, 1.54) is 6.42 Å². The molecule has 94 valence electrons. The number of hydrogen-bond acceptors (Lipinski definition) is 2. The molecule has 4 atom stereocenters. The van der Waals surface area contributed by atoms with Crippen LogP contribution in [0, 0.1) is 24.7 Å². The second kappa shape index (κ2) is 5.18. The predicted molar refractivity (Wildman–Crippen MR) is 69.6 cm³/mol. The van der Waals surface area contributed by atoms with Gasteiger partial charge in [-0.25, -0.2) is 0 Å². The molecule has 1 N–H and O–H groups in total. The van der Waals surface area contributed by atoms with Crippen molar-refractivity contribution in [2.45, 2.75) is 46.1 Å². The zero-order chi connectivity index (χ0) is 12.4. The van der Waals surface area contributed by atoms with Gasteiger partial charge in [0.2, 0.25) is 0 Å². The van der Waals surface area contributed by atoms with Crippen molar-refractivity contribution in [1.82, 2.24) is 4.98 Å². The summed E-state index contributed by atoms with van der Waals surface area (Å²) in [7, 11) is 0. The van der Waals surface area contributed by atoms with Crippen molar-refractivity contribution < 1.29 is 5.11 Å². The summed E-state index contributed by atoms with van der Waals surface area (Å²) in [6.45, 7) is 6.65. The van der Waals surface area contributed by atoms with E-state index in [0.29, 0.717) is 5.92 Å². The molecule has 1 heterocycles. The lowest BCUT2D eigenvalue weighted by Gasteiger charge is -2.34. The Morgan fingerprint density at radius 2 is 2.00 bits per heavy atom. The van der Waals surface area contributed by atoms with Gasteiger partial charge in [0, 0.05) is 12.4 Å². The maximum Gasteiger partial charge on any atom is 0.0833 e. The van der Waals surface area contributed by atoms with E-state index in [1.54, 1.807) is 6.20 Å². The molecule has 1 aliphatic rings. The van der Waals surface area contributed by atoms with Gasteiger partial charge in [0.1, 0.15) is 0 Å². The molecule has 0 radical (unpaired) electrons. The third-order valence-electron chi connectivity index (χ3n) is 4.32. The standard InChI is InChI=1S/C15H23NO/c1-10-6-14(9-16-8-10)15(17)13-5-4-11(2)12(3)7-13/h6,8-9,11-13,15,17H,4-5,7H2,1-3H3. The topological polar surface area (TPSA) is 33.1 Å². The highest BCUT2D eigenvalue weighted by Crippen LogP contribution is 2.39. The predicted octanol–water partition coefficient (Wildman–Crippen LogP) is 3.50. The molecule has 1 aromatic rings. The Balaban J connectivity index is 2.07. The molecule has 2 rings (SSSR count). The average Bonchev–Trinajstić information content (AvgIpc) is 2.32. The van der Waals surface area contributed by atoms with Crippen LogP contribution in [0.15, 0.2) is 18.5 Å². The van der Waals surface area contributed by atoms with Crippen LogP contribution in [0.2, 0.25) is 0 Å². The molecule has 1 fully saturated rings. The van der Waals surface area contributed by atoms with Gasteiger partial charge in [-0.1, -0.05) is 26.3 Å². The molecule has 0 saturated heterocycles. The van der Waals surface area contributed by atoms with Gasteiger partial charge in [0.05, 0.1) is 6.10 Å². The maximum atomic E-state index is 10.4. The summed E-state index contributed by atoms with van der Waals surface area (Å²) < 4.78 is 0. The lowest BCUT2D eigenvalue weighted by atomic mass is 9.73. The highest BCUT2D eigenvalue weighted by atomic mass is 16.3. The maximum absolute atomic E-state index is 10.4. The van der Waals surface area contributed by atoms with Gasteiger partial charge in [-0.05, 0) is 48.6 Å². The Bertz CT molecular complexity index is 377. The van der Waals surface area contributed by atoms with E-state index in [0.717, 1.165) is 35.8 Å². The molecule has 0 amide bonds. The number of aryl methyl sites for hydroxylation is 1. The van der Waals surface area contributed by atoms with Gasteiger partial charge in [-0.3, -0.25) is 4.98 Å². The number of aromatic nitrogens is 1. The Labute approximate surface area is 104 Å². The molecule has 4 unspecified atom stereocenters. The third-order valence-corrected chi connectivity index (χ3v) is 4.32. The summed E-state index contributed by atoms with van der Waals surface area (Å²) in [4.78, 5) is 4.17. The molecular formula is C15H23NO. The van der Waals surface area contributed by atoms with E-state index < -0.39 is 0 Å². The number of rotatable bonds is 2. The number of aliphatic hydroxyl groups excluding tert-OH is 1. The van der Waals surface area contributed by atoms with E-state index >= 15 is 0 Å². The van der Waals surface area contributed by atoms with Gasteiger partial charge in [0.25, 0.3) is 0 Å². The van der Waals surface area contributed by atoms with Crippen molar-refractivity contribution >= 4 is 0 Å². The molecule has 0 spiro atoms. The van der Waals surface area contributed by atoms with E-state index in [2.05, 4.69) is 24.9 Å². The molecule has 1 aromatic heterocycles. The van der Waals surface area contributed by atoms with Gasteiger partial charge in [-0.2, -0.15) is 0 Å². The van der Waals surface area contributed by atoms with Crippen LogP contribution in [-0.4, -0.2) is 10.1 Å². The summed E-state index contributed by atoms with van der Waals surface area (Å²) in [5, 5.41) is 10.4. The first kappa shape index (κ1) is 12.6. The van der Waals surface area contributed by atoms with E-state index in [4.69, 9.17) is 0 Å². The van der Waals surface area contributed by atoms with Crippen LogP contribution in [0.25, 0.3) is 0 Å². The van der Waals surface area contributed by atoms with E-state index in [9.17, 15) is 5.11 Å². The monoisotopic (exact) mass is 233 g/mol. The molecule has 1 aliphatic carbocycles. The first-order valence-corrected chi connectivity index (χ1v) is 6.67. The summed E-state index contributed by atoms with van der Waals surface area (Å²) in [5.74, 6) is 1.93. The first-order chi connectivity index (χ1) is 8.08. The fraction of sp³-hybridized carbons (Fsp3) is 0.667. The Kier molecular flexibility index (Phi) is 3.82. The van der Waals surface area contributed by atoms with Crippen LogP contribution in [0.5, 0.6) is 0 Å². The molecule has 2 nitrogen and oxygen atoms in total. The van der Waals surface area contributed by atoms with Crippen molar-refractivity contribution in [2.24, 2.45) is 17.8 Å². The lowest BCUT2D eigenvalue weighted by molar-refractivity contribution is 0.0558. The minimum atomic E-state index is -0.336. The SMILES string of the molecule is Cc1cncc(C(O)C2CCC(C)C(C)C2)c1. The quantitative estimate of drug-likeness (QED) is 0.848. The molecule has 2 heteroatoms. The van der Waals surface area contributed by atoms with Gasteiger partial charge in [-0.15, -0.1) is 0 Å². The number of aliphatic hydroxyl groups is 1. The fourth-order valence-corrected chi connectivity index (χ4v) is 2.89. The third kappa shape index (κ3) is 2.86. The number of hydrogen-bond donors (Lipinski definition) is 1. The Morgan fingerprint density at radius 3 is 2.65 bits per heavy atom. The van der Waals surface area contributed by atoms with Crippen molar-refractivity contribution in [3.63, 3.8) is 0 Å². The summed E-state index contributed by atoms with van der Waals surface area (Å²) in [6, 6.07) is 2.06. The van der Waals surface area contributed by atoms with Crippen LogP contribution < -0.4 is 0 Å². The van der Waals surface area contributed by atoms with Crippen LogP contribution in [0.3, 0.4) is 0 Å². The van der Waals surface area contributed by atoms with Gasteiger partial charge >= 0.3 is 0 Å². The second-order valence-corrected chi connectivity index (χ2v) is 5.77. The zero-order valence-electron chi connectivity index (χ0n) is 11.1. The van der Waals surface area contributed by atoms with Crippen molar-refractivity contribution in [2.75, 3.05) is 0 Å².